The molecule has 0 aromatic carbocycles. The predicted molar refractivity (Wildman–Crippen MR) is 121 cm³/mol. The maximum absolute atomic E-state index is 12.4. The molecule has 33 heavy (non-hydrogen) atoms. The smallest absolute Gasteiger partial charge is 0.394 e. The Morgan fingerprint density at radius 2 is 1.06 bits per heavy atom. The van der Waals surface area contributed by atoms with Crippen LogP contribution in [0.25, 0.3) is 0 Å². The number of phosphoric acid groups is 2. The van der Waals surface area contributed by atoms with Crippen LogP contribution in [0.2, 0.25) is 0 Å². The lowest BCUT2D eigenvalue weighted by molar-refractivity contribution is -0.0278. The number of hydrogen-bond acceptors (Lipinski definition) is 12. The summed E-state index contributed by atoms with van der Waals surface area (Å²) in [5.41, 5.74) is 0. The molecule has 12 nitrogen and oxygen atoms in total. The molecule has 2 N–H and O–H groups in total. The second kappa shape index (κ2) is 21.4. The maximum atomic E-state index is 12.4. The van der Waals surface area contributed by atoms with E-state index in [0.29, 0.717) is 12.8 Å². The minimum absolute atomic E-state index is 0.0227. The Kier molecular flexibility index (Phi) is 21.4. The van der Waals surface area contributed by atoms with Crippen LogP contribution in [0.1, 0.15) is 46.5 Å². The van der Waals surface area contributed by atoms with Crippen molar-refractivity contribution in [3.63, 3.8) is 0 Å². The molecule has 3 unspecified atom stereocenters. The molecule has 0 aliphatic carbocycles. The van der Waals surface area contributed by atoms with Crippen LogP contribution in [-0.2, 0) is 45.7 Å². The third-order valence-electron chi connectivity index (χ3n) is 3.74. The van der Waals surface area contributed by atoms with E-state index in [-0.39, 0.29) is 78.8 Å². The first kappa shape index (κ1) is 33.1. The molecule has 0 aromatic rings. The van der Waals surface area contributed by atoms with Gasteiger partial charge in [0.05, 0.1) is 78.8 Å². The van der Waals surface area contributed by atoms with Gasteiger partial charge in [-0.05, 0) is 19.8 Å². The van der Waals surface area contributed by atoms with E-state index in [0.717, 1.165) is 12.8 Å². The molecular weight excluding hydrogens is 482 g/mol. The number of aliphatic hydroxyl groups is 2. The Morgan fingerprint density at radius 1 is 0.636 bits per heavy atom. The zero-order valence-corrected chi connectivity index (χ0v) is 21.8. The first-order chi connectivity index (χ1) is 15.8. The molecule has 0 amide bonds. The van der Waals surface area contributed by atoms with Crippen LogP contribution >= 0.6 is 15.6 Å². The highest BCUT2D eigenvalue weighted by molar-refractivity contribution is 7.48. The van der Waals surface area contributed by atoms with Crippen molar-refractivity contribution in [2.24, 2.45) is 0 Å². The maximum Gasteiger partial charge on any atom is 0.474 e. The van der Waals surface area contributed by atoms with Gasteiger partial charge in [-0.1, -0.05) is 26.7 Å². The zero-order chi connectivity index (χ0) is 24.8. The van der Waals surface area contributed by atoms with Crippen molar-refractivity contribution >= 4 is 15.6 Å². The second-order valence-electron chi connectivity index (χ2n) is 6.80. The normalized spacial score (nSPS) is 16.4. The summed E-state index contributed by atoms with van der Waals surface area (Å²) in [4.78, 5) is 0. The van der Waals surface area contributed by atoms with Gasteiger partial charge in [-0.25, -0.2) is 9.13 Å². The van der Waals surface area contributed by atoms with Crippen molar-refractivity contribution < 1.29 is 56.0 Å². The molecule has 0 spiro atoms. The van der Waals surface area contributed by atoms with Crippen molar-refractivity contribution in [3.8, 4) is 0 Å². The highest BCUT2D eigenvalue weighted by atomic mass is 31.2. The summed E-state index contributed by atoms with van der Waals surface area (Å²) < 4.78 is 66.7. The fraction of sp³-hybridized carbons (Fsp3) is 1.00. The number of rotatable bonds is 25. The minimum atomic E-state index is -3.74. The van der Waals surface area contributed by atoms with Gasteiger partial charge < -0.3 is 19.7 Å². The monoisotopic (exact) mass is 524 g/mol. The quantitative estimate of drug-likeness (QED) is 0.133. The summed E-state index contributed by atoms with van der Waals surface area (Å²) in [5.74, 6) is 0. The molecule has 14 heteroatoms. The first-order valence-electron chi connectivity index (χ1n) is 11.3. The predicted octanol–water partition coefficient (Wildman–Crippen LogP) is 3.31. The van der Waals surface area contributed by atoms with Gasteiger partial charge in [0.25, 0.3) is 0 Å². The van der Waals surface area contributed by atoms with Crippen LogP contribution in [-0.4, -0.2) is 89.0 Å². The topological polar surface area (TPSA) is 148 Å². The number of ether oxygens (including phenoxy) is 2. The summed E-state index contributed by atoms with van der Waals surface area (Å²) in [5, 5.41) is 17.7. The Labute approximate surface area is 197 Å². The molecule has 3 atom stereocenters. The second-order valence-corrected chi connectivity index (χ2v) is 10.1. The van der Waals surface area contributed by atoms with Gasteiger partial charge >= 0.3 is 15.6 Å². The molecule has 0 saturated carbocycles. The largest absolute Gasteiger partial charge is 0.474 e. The van der Waals surface area contributed by atoms with Crippen molar-refractivity contribution in [3.05, 3.63) is 0 Å². The Morgan fingerprint density at radius 3 is 1.52 bits per heavy atom. The van der Waals surface area contributed by atoms with Crippen LogP contribution in [0.15, 0.2) is 0 Å². The summed E-state index contributed by atoms with van der Waals surface area (Å²) in [6, 6.07) is 0. The molecule has 0 heterocycles. The van der Waals surface area contributed by atoms with E-state index in [1.54, 1.807) is 6.92 Å². The van der Waals surface area contributed by atoms with E-state index >= 15 is 0 Å². The number of aliphatic hydroxyl groups excluding tert-OH is 2. The molecule has 0 aliphatic rings. The van der Waals surface area contributed by atoms with Crippen LogP contribution in [0.5, 0.6) is 0 Å². The Balaban J connectivity index is 4.09. The van der Waals surface area contributed by atoms with Crippen molar-refractivity contribution in [2.75, 3.05) is 72.7 Å². The molecule has 0 radical (unpaired) electrons. The van der Waals surface area contributed by atoms with E-state index in [9.17, 15) is 9.13 Å². The third-order valence-corrected chi connectivity index (χ3v) is 6.73. The van der Waals surface area contributed by atoms with Gasteiger partial charge in [0.15, 0.2) is 0 Å². The van der Waals surface area contributed by atoms with Gasteiger partial charge in [0.1, 0.15) is 0 Å². The first-order valence-corrected chi connectivity index (χ1v) is 14.2. The fourth-order valence-electron chi connectivity index (χ4n) is 2.07. The summed E-state index contributed by atoms with van der Waals surface area (Å²) in [6.07, 6.45) is 2.85. The highest BCUT2D eigenvalue weighted by Crippen LogP contribution is 2.50. The number of phosphoric ester groups is 2. The highest BCUT2D eigenvalue weighted by Gasteiger charge is 2.27. The molecule has 0 saturated heterocycles. The third kappa shape index (κ3) is 19.0. The zero-order valence-electron chi connectivity index (χ0n) is 20.1. The van der Waals surface area contributed by atoms with Crippen LogP contribution < -0.4 is 0 Å². The standard InChI is InChI=1S/C19H42O12P2/c1-4-6-10-26-32(22,28-12-8-20)30-16-14-24-18-19(3)25-15-17-31-33(23,29-13-9-21)27-11-7-5-2/h19-21H,4-18H2,1-3H3. The van der Waals surface area contributed by atoms with Crippen molar-refractivity contribution in [1.29, 1.82) is 0 Å². The van der Waals surface area contributed by atoms with Gasteiger partial charge in [-0.15, -0.1) is 0 Å². The lowest BCUT2D eigenvalue weighted by Gasteiger charge is -2.19. The van der Waals surface area contributed by atoms with Gasteiger partial charge in [0, 0.05) is 0 Å². The minimum Gasteiger partial charge on any atom is -0.394 e. The van der Waals surface area contributed by atoms with Crippen LogP contribution in [0, 0.1) is 0 Å². The number of hydrogen-bond donors (Lipinski definition) is 2. The van der Waals surface area contributed by atoms with Gasteiger partial charge in [0.2, 0.25) is 0 Å². The fourth-order valence-corrected chi connectivity index (χ4v) is 4.43. The summed E-state index contributed by atoms with van der Waals surface area (Å²) in [7, 11) is -7.48. The Bertz CT molecular complexity index is 537. The average molecular weight is 524 g/mol. The molecule has 0 rings (SSSR count). The molecular formula is C19H42O12P2. The van der Waals surface area contributed by atoms with Gasteiger partial charge in [-0.2, -0.15) is 0 Å². The molecule has 0 aromatic heterocycles. The van der Waals surface area contributed by atoms with Crippen LogP contribution in [0.3, 0.4) is 0 Å². The van der Waals surface area contributed by atoms with Crippen molar-refractivity contribution in [2.45, 2.75) is 52.6 Å². The van der Waals surface area contributed by atoms with E-state index in [2.05, 4.69) is 0 Å². The van der Waals surface area contributed by atoms with Crippen LogP contribution in [0.4, 0.5) is 0 Å². The Hall–Kier alpha value is 0.0600. The molecule has 200 valence electrons. The number of unbranched alkanes of at least 4 members (excludes halogenated alkanes) is 2. The summed E-state index contributed by atoms with van der Waals surface area (Å²) >= 11 is 0. The van der Waals surface area contributed by atoms with Crippen molar-refractivity contribution in [1.82, 2.24) is 0 Å². The molecule has 0 fully saturated rings. The van der Waals surface area contributed by atoms with E-state index in [4.69, 9.17) is 46.8 Å². The van der Waals surface area contributed by atoms with E-state index < -0.39 is 15.6 Å². The van der Waals surface area contributed by atoms with Gasteiger partial charge in [-0.3, -0.25) is 27.1 Å². The summed E-state index contributed by atoms with van der Waals surface area (Å²) in [6.45, 7) is 5.71. The van der Waals surface area contributed by atoms with E-state index in [1.165, 1.54) is 0 Å². The molecule has 0 aliphatic heterocycles. The lowest BCUT2D eigenvalue weighted by atomic mass is 10.4. The van der Waals surface area contributed by atoms with E-state index in [1.807, 2.05) is 13.8 Å². The lowest BCUT2D eigenvalue weighted by Crippen LogP contribution is -2.20. The SMILES string of the molecule is CCCCOP(=O)(OCCO)OCCOCC(C)OCCOP(=O)(OCCO)OCCCC. The average Bonchev–Trinajstić information content (AvgIpc) is 2.79. The molecule has 0 bridgehead atoms.